The highest BCUT2D eigenvalue weighted by molar-refractivity contribution is 7.93. The van der Waals surface area contributed by atoms with Crippen molar-refractivity contribution in [3.8, 4) is 0 Å². The molecule has 0 bridgehead atoms. The minimum absolute atomic E-state index is 0.396. The fraction of sp³-hybridized carbons (Fsp3) is 0.300. The molecule has 2 N–H and O–H groups in total. The third kappa shape index (κ3) is 4.31. The topological polar surface area (TPSA) is 84.5 Å². The molecule has 1 rings (SSSR count). The van der Waals surface area contributed by atoms with Crippen LogP contribution < -0.4 is 10.0 Å². The van der Waals surface area contributed by atoms with E-state index in [1.165, 1.54) is 0 Å². The van der Waals surface area contributed by atoms with Crippen LogP contribution in [0.4, 0.5) is 11.4 Å². The maximum Gasteiger partial charge on any atom is 0.322 e. The van der Waals surface area contributed by atoms with Gasteiger partial charge in [-0.3, -0.25) is 9.52 Å². The number of methoxy groups -OCH3 is 1. The number of carbonyl (C=O) groups excluding carboxylic acids is 1. The Morgan fingerprint density at radius 2 is 1.76 bits per heavy atom. The minimum atomic E-state index is -3.71. The number of esters is 1. The van der Waals surface area contributed by atoms with E-state index >= 15 is 0 Å². The average Bonchev–Trinajstić information content (AvgIpc) is 2.28. The normalized spacial score (nSPS) is 10.7. The summed E-state index contributed by atoms with van der Waals surface area (Å²) in [4.78, 5) is 10.9. The summed E-state index contributed by atoms with van der Waals surface area (Å²) in [6.07, 6.45) is 0. The summed E-state index contributed by atoms with van der Waals surface area (Å²) in [6.45, 7) is 0. The molecule has 0 amide bonds. The monoisotopic (exact) mass is 258 g/mol. The lowest BCUT2D eigenvalue weighted by Gasteiger charge is -2.07. The molecule has 0 fully saturated rings. The molecule has 0 aliphatic carbocycles. The molecule has 0 atom stereocenters. The molecule has 94 valence electrons. The molecule has 7 heteroatoms. The molecule has 0 saturated heterocycles. The van der Waals surface area contributed by atoms with Crippen molar-refractivity contribution >= 4 is 27.4 Å². The van der Waals surface area contributed by atoms with E-state index in [2.05, 4.69) is 14.8 Å². The second kappa shape index (κ2) is 5.53. The molecule has 6 nitrogen and oxygen atoms in total. The Bertz CT molecular complexity index is 482. The number of rotatable bonds is 5. The number of nitrogens with one attached hydrogen (secondary N) is 2. The van der Waals surface area contributed by atoms with E-state index in [4.69, 9.17) is 0 Å². The van der Waals surface area contributed by atoms with Crippen LogP contribution in [-0.4, -0.2) is 34.3 Å². The quantitative estimate of drug-likeness (QED) is 0.757. The van der Waals surface area contributed by atoms with Gasteiger partial charge in [-0.05, 0) is 24.3 Å². The Labute approximate surface area is 100 Å². The molecule has 0 unspecified atom stereocenters. The van der Waals surface area contributed by atoms with Crippen LogP contribution in [0.5, 0.6) is 0 Å². The third-order valence-electron chi connectivity index (χ3n) is 1.98. The standard InChI is InChI=1S/C10H14N2O4S/c1-11-8-3-5-9(6-4-8)12-17(14,15)7-10(13)16-2/h3-6,11-12H,7H2,1-2H3. The van der Waals surface area contributed by atoms with Gasteiger partial charge in [-0.2, -0.15) is 0 Å². The van der Waals surface area contributed by atoms with Crippen LogP contribution in [0.1, 0.15) is 0 Å². The molecule has 1 aromatic carbocycles. The molecule has 0 radical (unpaired) electrons. The Morgan fingerprint density at radius 1 is 1.24 bits per heavy atom. The van der Waals surface area contributed by atoms with Gasteiger partial charge in [0.25, 0.3) is 0 Å². The second-order valence-corrected chi connectivity index (χ2v) is 4.99. The van der Waals surface area contributed by atoms with Crippen LogP contribution >= 0.6 is 0 Å². The predicted octanol–water partition coefficient (Wildman–Crippen LogP) is 0.643. The van der Waals surface area contributed by atoms with Crippen LogP contribution in [0, 0.1) is 0 Å². The van der Waals surface area contributed by atoms with Crippen molar-refractivity contribution in [3.63, 3.8) is 0 Å². The lowest BCUT2D eigenvalue weighted by atomic mass is 10.3. The van der Waals surface area contributed by atoms with E-state index < -0.39 is 21.7 Å². The summed E-state index contributed by atoms with van der Waals surface area (Å²) < 4.78 is 29.6. The molecule has 0 heterocycles. The third-order valence-corrected chi connectivity index (χ3v) is 3.14. The zero-order valence-electron chi connectivity index (χ0n) is 9.56. The zero-order valence-corrected chi connectivity index (χ0v) is 10.4. The van der Waals surface area contributed by atoms with Gasteiger partial charge < -0.3 is 10.1 Å². The van der Waals surface area contributed by atoms with Crippen molar-refractivity contribution in [3.05, 3.63) is 24.3 Å². The van der Waals surface area contributed by atoms with Crippen molar-refractivity contribution in [2.75, 3.05) is 29.9 Å². The lowest BCUT2D eigenvalue weighted by molar-refractivity contribution is -0.137. The number of anilines is 2. The number of hydrogen-bond acceptors (Lipinski definition) is 5. The Kier molecular flexibility index (Phi) is 4.33. The first kappa shape index (κ1) is 13.3. The Morgan fingerprint density at radius 3 is 2.24 bits per heavy atom. The maximum atomic E-state index is 11.5. The fourth-order valence-electron chi connectivity index (χ4n) is 1.13. The largest absolute Gasteiger partial charge is 0.468 e. The van der Waals surface area contributed by atoms with Crippen molar-refractivity contribution < 1.29 is 17.9 Å². The van der Waals surface area contributed by atoms with Crippen molar-refractivity contribution in [1.29, 1.82) is 0 Å². The number of ether oxygens (including phenoxy) is 1. The molecule has 0 saturated carbocycles. The van der Waals surface area contributed by atoms with Crippen molar-refractivity contribution in [2.45, 2.75) is 0 Å². The van der Waals surface area contributed by atoms with Crippen LogP contribution in [-0.2, 0) is 19.6 Å². The number of carbonyl (C=O) groups is 1. The summed E-state index contributed by atoms with van der Waals surface area (Å²) in [5.41, 5.74) is 1.26. The van der Waals surface area contributed by atoms with Crippen LogP contribution in [0.2, 0.25) is 0 Å². The average molecular weight is 258 g/mol. The van der Waals surface area contributed by atoms with Crippen molar-refractivity contribution in [2.24, 2.45) is 0 Å². The predicted molar refractivity (Wildman–Crippen MR) is 65.4 cm³/mol. The summed E-state index contributed by atoms with van der Waals surface area (Å²) >= 11 is 0. The van der Waals surface area contributed by atoms with Gasteiger partial charge in [-0.15, -0.1) is 0 Å². The van der Waals surface area contributed by atoms with Gasteiger partial charge in [0.2, 0.25) is 10.0 Å². The molecule has 0 aliphatic rings. The van der Waals surface area contributed by atoms with Gasteiger partial charge in [-0.25, -0.2) is 8.42 Å². The fourth-order valence-corrected chi connectivity index (χ4v) is 2.13. The van der Waals surface area contributed by atoms with Gasteiger partial charge in [0.15, 0.2) is 5.75 Å². The number of benzene rings is 1. The van der Waals surface area contributed by atoms with Gasteiger partial charge in [0.1, 0.15) is 0 Å². The number of sulfonamides is 1. The molecular weight excluding hydrogens is 244 g/mol. The first-order chi connectivity index (χ1) is 7.96. The first-order valence-corrected chi connectivity index (χ1v) is 6.47. The van der Waals surface area contributed by atoms with E-state index in [1.807, 2.05) is 0 Å². The SMILES string of the molecule is CNc1ccc(NS(=O)(=O)CC(=O)OC)cc1. The molecule has 0 spiro atoms. The van der Waals surface area contributed by atoms with E-state index in [0.717, 1.165) is 12.8 Å². The summed E-state index contributed by atoms with van der Waals surface area (Å²) in [7, 11) is -0.812. The highest BCUT2D eigenvalue weighted by atomic mass is 32.2. The van der Waals surface area contributed by atoms with Gasteiger partial charge in [-0.1, -0.05) is 0 Å². The Balaban J connectivity index is 2.72. The lowest BCUT2D eigenvalue weighted by Crippen LogP contribution is -2.23. The van der Waals surface area contributed by atoms with E-state index in [9.17, 15) is 13.2 Å². The molecule has 0 aliphatic heterocycles. The molecular formula is C10H14N2O4S. The smallest absolute Gasteiger partial charge is 0.322 e. The maximum absolute atomic E-state index is 11.5. The minimum Gasteiger partial charge on any atom is -0.468 e. The van der Waals surface area contributed by atoms with Crippen LogP contribution in [0.3, 0.4) is 0 Å². The number of hydrogen-bond donors (Lipinski definition) is 2. The zero-order chi connectivity index (χ0) is 12.9. The highest BCUT2D eigenvalue weighted by Crippen LogP contribution is 2.14. The van der Waals surface area contributed by atoms with Gasteiger partial charge in [0, 0.05) is 18.4 Å². The second-order valence-electron chi connectivity index (χ2n) is 3.26. The van der Waals surface area contributed by atoms with E-state index in [1.54, 1.807) is 31.3 Å². The van der Waals surface area contributed by atoms with Crippen LogP contribution in [0.15, 0.2) is 24.3 Å². The van der Waals surface area contributed by atoms with Crippen molar-refractivity contribution in [1.82, 2.24) is 0 Å². The van der Waals surface area contributed by atoms with Gasteiger partial charge >= 0.3 is 5.97 Å². The Hall–Kier alpha value is -1.76. The van der Waals surface area contributed by atoms with Crippen LogP contribution in [0.25, 0.3) is 0 Å². The first-order valence-electron chi connectivity index (χ1n) is 4.82. The summed E-state index contributed by atoms with van der Waals surface area (Å²) in [6, 6.07) is 6.63. The molecule has 1 aromatic rings. The van der Waals surface area contributed by atoms with E-state index in [0.29, 0.717) is 5.69 Å². The summed E-state index contributed by atoms with van der Waals surface area (Å²) in [5.74, 6) is -1.50. The molecule has 17 heavy (non-hydrogen) atoms. The van der Waals surface area contributed by atoms with Gasteiger partial charge in [0.05, 0.1) is 7.11 Å². The highest BCUT2D eigenvalue weighted by Gasteiger charge is 2.16. The molecule has 0 aromatic heterocycles. The van der Waals surface area contributed by atoms with E-state index in [-0.39, 0.29) is 0 Å². The summed E-state index contributed by atoms with van der Waals surface area (Å²) in [5, 5.41) is 2.91.